The second kappa shape index (κ2) is 9.23. The maximum atomic E-state index is 12.8. The van der Waals surface area contributed by atoms with Crippen molar-refractivity contribution in [3.05, 3.63) is 65.9 Å². The summed E-state index contributed by atoms with van der Waals surface area (Å²) >= 11 is 19.7. The maximum Gasteiger partial charge on any atom is 0.286 e. The van der Waals surface area contributed by atoms with Gasteiger partial charge < -0.3 is 9.30 Å². The van der Waals surface area contributed by atoms with E-state index in [1.54, 1.807) is 16.7 Å². The molecule has 0 fully saturated rings. The molecule has 1 aromatic heterocycles. The number of thiazole rings is 1. The minimum absolute atomic E-state index is 0.194. The molecular formula is C18H14Cl3N3O4S. The molecule has 1 amide bonds. The summed E-state index contributed by atoms with van der Waals surface area (Å²) in [5.41, 5.74) is 0.0580. The van der Waals surface area contributed by atoms with Gasteiger partial charge in [0.15, 0.2) is 4.80 Å². The van der Waals surface area contributed by atoms with Gasteiger partial charge in [0.2, 0.25) is 0 Å². The molecular weight excluding hydrogens is 461 g/mol. The van der Waals surface area contributed by atoms with Crippen molar-refractivity contribution in [3.8, 4) is 0 Å². The highest BCUT2D eigenvalue weighted by molar-refractivity contribution is 7.16. The van der Waals surface area contributed by atoms with Crippen molar-refractivity contribution < 1.29 is 14.5 Å². The van der Waals surface area contributed by atoms with Crippen molar-refractivity contribution in [3.63, 3.8) is 0 Å². The van der Waals surface area contributed by atoms with Crippen LogP contribution in [0.5, 0.6) is 0 Å². The Morgan fingerprint density at radius 3 is 2.72 bits per heavy atom. The average Bonchev–Trinajstić information content (AvgIpc) is 3.02. The summed E-state index contributed by atoms with van der Waals surface area (Å²) in [7, 11) is 0. The summed E-state index contributed by atoms with van der Waals surface area (Å²) < 4.78 is 7.90. The number of rotatable bonds is 6. The highest BCUT2D eigenvalue weighted by Gasteiger charge is 2.21. The van der Waals surface area contributed by atoms with E-state index in [0.29, 0.717) is 40.1 Å². The standard InChI is InChI=1S/C18H14Cl3N3O4S/c1-2-28-8-7-23-16-14(6-4-12(20)15(16)21)29-18(23)22-17(25)11-9-10(19)3-5-13(11)24(26)27/h3-6,9H,2,7-8H2,1H3. The van der Waals surface area contributed by atoms with E-state index in [2.05, 4.69) is 4.99 Å². The summed E-state index contributed by atoms with van der Waals surface area (Å²) in [6.07, 6.45) is 0. The van der Waals surface area contributed by atoms with Crippen LogP contribution in [0.2, 0.25) is 15.1 Å². The van der Waals surface area contributed by atoms with Gasteiger partial charge in [-0.25, -0.2) is 0 Å². The number of hydrogen-bond acceptors (Lipinski definition) is 5. The zero-order chi connectivity index (χ0) is 21.1. The smallest absolute Gasteiger partial charge is 0.286 e. The summed E-state index contributed by atoms with van der Waals surface area (Å²) in [4.78, 5) is 27.8. The van der Waals surface area contributed by atoms with Crippen LogP contribution in [0.25, 0.3) is 10.2 Å². The van der Waals surface area contributed by atoms with Gasteiger partial charge in [-0.3, -0.25) is 14.9 Å². The average molecular weight is 475 g/mol. The lowest BCUT2D eigenvalue weighted by Crippen LogP contribution is -2.20. The Morgan fingerprint density at radius 2 is 2.03 bits per heavy atom. The molecule has 0 N–H and O–H groups in total. The van der Waals surface area contributed by atoms with E-state index in [0.717, 1.165) is 4.70 Å². The van der Waals surface area contributed by atoms with Crippen LogP contribution in [0.15, 0.2) is 35.3 Å². The van der Waals surface area contributed by atoms with Crippen LogP contribution < -0.4 is 4.80 Å². The zero-order valence-electron chi connectivity index (χ0n) is 15.0. The summed E-state index contributed by atoms with van der Waals surface area (Å²) in [6.45, 7) is 3.13. The Labute approximate surface area is 184 Å². The van der Waals surface area contributed by atoms with Crippen molar-refractivity contribution in [2.24, 2.45) is 4.99 Å². The number of nitrogens with zero attached hydrogens (tertiary/aromatic N) is 3. The van der Waals surface area contributed by atoms with Crippen LogP contribution in [-0.4, -0.2) is 28.6 Å². The highest BCUT2D eigenvalue weighted by atomic mass is 35.5. The molecule has 3 aromatic rings. The van der Waals surface area contributed by atoms with Crippen LogP contribution in [0.4, 0.5) is 5.69 Å². The van der Waals surface area contributed by atoms with E-state index < -0.39 is 10.8 Å². The first-order valence-corrected chi connectivity index (χ1v) is 10.4. The Balaban J connectivity index is 2.18. The van der Waals surface area contributed by atoms with Gasteiger partial charge in [0.25, 0.3) is 11.6 Å². The maximum absolute atomic E-state index is 12.8. The number of nitro benzene ring substituents is 1. The molecule has 7 nitrogen and oxygen atoms in total. The SMILES string of the molecule is CCOCCn1c(=NC(=O)c2cc(Cl)ccc2[N+](=O)[O-])sc2ccc(Cl)c(Cl)c21. The van der Waals surface area contributed by atoms with E-state index in [-0.39, 0.29) is 16.3 Å². The molecule has 0 saturated heterocycles. The van der Waals surface area contributed by atoms with Crippen molar-refractivity contribution in [1.29, 1.82) is 0 Å². The van der Waals surface area contributed by atoms with Gasteiger partial charge >= 0.3 is 0 Å². The molecule has 3 rings (SSSR count). The van der Waals surface area contributed by atoms with Gasteiger partial charge in [0.05, 0.1) is 31.8 Å². The molecule has 0 radical (unpaired) electrons. The Kier molecular flexibility index (Phi) is 6.92. The zero-order valence-corrected chi connectivity index (χ0v) is 18.1. The van der Waals surface area contributed by atoms with E-state index in [9.17, 15) is 14.9 Å². The molecule has 0 spiro atoms. The van der Waals surface area contributed by atoms with Crippen LogP contribution in [0, 0.1) is 10.1 Å². The highest BCUT2D eigenvalue weighted by Crippen LogP contribution is 2.32. The minimum Gasteiger partial charge on any atom is -0.380 e. The predicted octanol–water partition coefficient (Wildman–Crippen LogP) is 5.35. The number of amides is 1. The number of nitro groups is 1. The Hall–Kier alpha value is -1.97. The fourth-order valence-corrected chi connectivity index (χ4v) is 4.39. The fraction of sp³-hybridized carbons (Fsp3) is 0.222. The van der Waals surface area contributed by atoms with Crippen LogP contribution in [0.3, 0.4) is 0 Å². The molecule has 0 bridgehead atoms. The summed E-state index contributed by atoms with van der Waals surface area (Å²) in [5.74, 6) is -0.780. The molecule has 0 aliphatic heterocycles. The van der Waals surface area contributed by atoms with Crippen LogP contribution in [0.1, 0.15) is 17.3 Å². The Bertz CT molecular complexity index is 1170. The van der Waals surface area contributed by atoms with Crippen molar-refractivity contribution in [1.82, 2.24) is 4.57 Å². The molecule has 1 heterocycles. The van der Waals surface area contributed by atoms with Crippen molar-refractivity contribution in [2.45, 2.75) is 13.5 Å². The predicted molar refractivity (Wildman–Crippen MR) is 114 cm³/mol. The van der Waals surface area contributed by atoms with E-state index in [1.807, 2.05) is 6.92 Å². The van der Waals surface area contributed by atoms with Gasteiger partial charge in [-0.15, -0.1) is 0 Å². The second-order valence-electron chi connectivity index (χ2n) is 5.78. The monoisotopic (exact) mass is 473 g/mol. The normalized spacial score (nSPS) is 11.9. The number of carbonyl (C=O) groups excluding carboxylic acids is 1. The first-order valence-electron chi connectivity index (χ1n) is 8.41. The lowest BCUT2D eigenvalue weighted by Gasteiger charge is -2.07. The molecule has 152 valence electrons. The molecule has 0 saturated carbocycles. The first-order chi connectivity index (χ1) is 13.8. The van der Waals surface area contributed by atoms with Crippen molar-refractivity contribution in [2.75, 3.05) is 13.2 Å². The number of aromatic nitrogens is 1. The number of ether oxygens (including phenoxy) is 1. The molecule has 2 aromatic carbocycles. The fourth-order valence-electron chi connectivity index (χ4n) is 2.68. The van der Waals surface area contributed by atoms with Gasteiger partial charge in [0.1, 0.15) is 5.56 Å². The van der Waals surface area contributed by atoms with Crippen molar-refractivity contribution >= 4 is 68.0 Å². The summed E-state index contributed by atoms with van der Waals surface area (Å²) in [5, 5.41) is 12.2. The number of halogens is 3. The third-order valence-electron chi connectivity index (χ3n) is 3.98. The minimum atomic E-state index is -0.780. The molecule has 0 aliphatic rings. The number of carbonyl (C=O) groups is 1. The van der Waals surface area contributed by atoms with Gasteiger partial charge in [-0.2, -0.15) is 4.99 Å². The van der Waals surface area contributed by atoms with Crippen LogP contribution >= 0.6 is 46.1 Å². The van der Waals surface area contributed by atoms with E-state index in [4.69, 9.17) is 39.5 Å². The van der Waals surface area contributed by atoms with Gasteiger partial charge in [0, 0.05) is 24.2 Å². The van der Waals surface area contributed by atoms with Gasteiger partial charge in [-0.05, 0) is 31.2 Å². The first kappa shape index (κ1) is 21.7. The van der Waals surface area contributed by atoms with E-state index >= 15 is 0 Å². The topological polar surface area (TPSA) is 86.7 Å². The third-order valence-corrected chi connectivity index (χ3v) is 6.05. The largest absolute Gasteiger partial charge is 0.380 e. The molecule has 11 heteroatoms. The molecule has 0 aliphatic carbocycles. The molecule has 0 atom stereocenters. The Morgan fingerprint density at radius 1 is 1.28 bits per heavy atom. The summed E-state index contributed by atoms with van der Waals surface area (Å²) in [6, 6.07) is 7.18. The number of fused-ring (bicyclic) bond motifs is 1. The van der Waals surface area contributed by atoms with Crippen LogP contribution in [-0.2, 0) is 11.3 Å². The number of hydrogen-bond donors (Lipinski definition) is 0. The number of benzene rings is 2. The lowest BCUT2D eigenvalue weighted by atomic mass is 10.2. The lowest BCUT2D eigenvalue weighted by molar-refractivity contribution is -0.385. The van der Waals surface area contributed by atoms with Gasteiger partial charge in [-0.1, -0.05) is 46.1 Å². The second-order valence-corrected chi connectivity index (χ2v) is 8.01. The molecule has 29 heavy (non-hydrogen) atoms. The van der Waals surface area contributed by atoms with E-state index in [1.165, 1.54) is 29.5 Å². The quantitative estimate of drug-likeness (QED) is 0.274. The third kappa shape index (κ3) is 4.62. The molecule has 0 unspecified atom stereocenters.